The molecule has 0 unspecified atom stereocenters. The fourth-order valence-electron chi connectivity index (χ4n) is 1.05. The van der Waals surface area contributed by atoms with Crippen LogP contribution in [0.2, 0.25) is 0 Å². The second-order valence-electron chi connectivity index (χ2n) is 2.72. The lowest BCUT2D eigenvalue weighted by atomic mass is 10.5. The van der Waals surface area contributed by atoms with Crippen molar-refractivity contribution in [1.82, 2.24) is 14.8 Å². The lowest BCUT2D eigenvalue weighted by Crippen LogP contribution is -2.14. The van der Waals surface area contributed by atoms with E-state index in [-0.39, 0.29) is 0 Å². The van der Waals surface area contributed by atoms with E-state index in [2.05, 4.69) is 17.1 Å². The Hall–Kier alpha value is -1.06. The van der Waals surface area contributed by atoms with E-state index < -0.39 is 0 Å². The molecule has 11 heavy (non-hydrogen) atoms. The van der Waals surface area contributed by atoms with E-state index in [1.807, 2.05) is 30.6 Å². The molecule has 0 N–H and O–H groups in total. The average Bonchev–Trinajstić information content (AvgIpc) is 2.30. The summed E-state index contributed by atoms with van der Waals surface area (Å²) in [6.45, 7) is 2.07. The zero-order chi connectivity index (χ0) is 8.43. The lowest BCUT2D eigenvalue weighted by Gasteiger charge is -2.10. The van der Waals surface area contributed by atoms with E-state index >= 15 is 0 Å². The standard InChI is InChI=1S/C7H14N4/c1-5-6-8-9-7(10(2)3)11(6)4/h5H2,1-4H3. The van der Waals surface area contributed by atoms with Gasteiger partial charge in [0.1, 0.15) is 5.82 Å². The Balaban J connectivity index is 3.00. The highest BCUT2D eigenvalue weighted by molar-refractivity contribution is 5.27. The summed E-state index contributed by atoms with van der Waals surface area (Å²) in [6.07, 6.45) is 0.928. The molecular formula is C7H14N4. The van der Waals surface area contributed by atoms with Gasteiger partial charge in [-0.15, -0.1) is 10.2 Å². The van der Waals surface area contributed by atoms with Crippen LogP contribution in [0.15, 0.2) is 0 Å². The largest absolute Gasteiger partial charge is 0.347 e. The van der Waals surface area contributed by atoms with Gasteiger partial charge >= 0.3 is 0 Å². The van der Waals surface area contributed by atoms with Crippen molar-refractivity contribution in [1.29, 1.82) is 0 Å². The molecule has 0 aromatic carbocycles. The first-order valence-corrected chi connectivity index (χ1v) is 3.72. The highest BCUT2D eigenvalue weighted by Gasteiger charge is 2.06. The van der Waals surface area contributed by atoms with Gasteiger partial charge in [0.05, 0.1) is 0 Å². The van der Waals surface area contributed by atoms with Crippen LogP contribution >= 0.6 is 0 Å². The van der Waals surface area contributed by atoms with Crippen molar-refractivity contribution in [3.05, 3.63) is 5.82 Å². The maximum atomic E-state index is 4.03. The van der Waals surface area contributed by atoms with Gasteiger partial charge < -0.3 is 9.47 Å². The smallest absolute Gasteiger partial charge is 0.226 e. The molecule has 1 heterocycles. The molecule has 0 bridgehead atoms. The Kier molecular flexibility index (Phi) is 2.12. The van der Waals surface area contributed by atoms with Gasteiger partial charge in [0.15, 0.2) is 0 Å². The number of hydrogen-bond donors (Lipinski definition) is 0. The van der Waals surface area contributed by atoms with Crippen LogP contribution in [0.1, 0.15) is 12.7 Å². The fraction of sp³-hybridized carbons (Fsp3) is 0.714. The maximum absolute atomic E-state index is 4.03. The summed E-state index contributed by atoms with van der Waals surface area (Å²) in [5.41, 5.74) is 0. The van der Waals surface area contributed by atoms with E-state index in [1.54, 1.807) is 0 Å². The molecule has 1 rings (SSSR count). The normalized spacial score (nSPS) is 10.2. The lowest BCUT2D eigenvalue weighted by molar-refractivity contribution is 0.795. The highest BCUT2D eigenvalue weighted by atomic mass is 15.4. The second-order valence-corrected chi connectivity index (χ2v) is 2.72. The highest BCUT2D eigenvalue weighted by Crippen LogP contribution is 2.07. The first-order valence-electron chi connectivity index (χ1n) is 3.72. The van der Waals surface area contributed by atoms with Crippen molar-refractivity contribution < 1.29 is 0 Å². The van der Waals surface area contributed by atoms with E-state index in [9.17, 15) is 0 Å². The Bertz CT molecular complexity index is 239. The first kappa shape index (κ1) is 8.04. The summed E-state index contributed by atoms with van der Waals surface area (Å²) in [6, 6.07) is 0. The third-order valence-corrected chi connectivity index (χ3v) is 1.66. The van der Waals surface area contributed by atoms with Gasteiger partial charge in [0.25, 0.3) is 0 Å². The van der Waals surface area contributed by atoms with Crippen LogP contribution in [0.4, 0.5) is 5.95 Å². The van der Waals surface area contributed by atoms with E-state index in [1.165, 1.54) is 0 Å². The Morgan fingerprint density at radius 3 is 2.27 bits per heavy atom. The molecule has 1 aromatic heterocycles. The minimum Gasteiger partial charge on any atom is -0.347 e. The van der Waals surface area contributed by atoms with Crippen LogP contribution in [0, 0.1) is 0 Å². The molecule has 4 heteroatoms. The Morgan fingerprint density at radius 2 is 2.00 bits per heavy atom. The second kappa shape index (κ2) is 2.90. The molecule has 0 amide bonds. The third-order valence-electron chi connectivity index (χ3n) is 1.66. The van der Waals surface area contributed by atoms with Crippen LogP contribution in [-0.4, -0.2) is 28.9 Å². The molecule has 0 aliphatic heterocycles. The Morgan fingerprint density at radius 1 is 1.36 bits per heavy atom. The van der Waals surface area contributed by atoms with Gasteiger partial charge in [0.2, 0.25) is 5.95 Å². The van der Waals surface area contributed by atoms with Gasteiger partial charge in [-0.3, -0.25) is 0 Å². The van der Waals surface area contributed by atoms with Gasteiger partial charge in [-0.25, -0.2) is 0 Å². The molecule has 0 radical (unpaired) electrons. The van der Waals surface area contributed by atoms with Crippen LogP contribution in [0.25, 0.3) is 0 Å². The number of anilines is 1. The molecule has 0 aliphatic rings. The monoisotopic (exact) mass is 154 g/mol. The van der Waals surface area contributed by atoms with E-state index in [0.29, 0.717) is 0 Å². The molecule has 0 aliphatic carbocycles. The van der Waals surface area contributed by atoms with Crippen LogP contribution in [0.5, 0.6) is 0 Å². The predicted molar refractivity (Wildman–Crippen MR) is 44.7 cm³/mol. The zero-order valence-corrected chi connectivity index (χ0v) is 7.50. The summed E-state index contributed by atoms with van der Waals surface area (Å²) in [7, 11) is 5.90. The number of rotatable bonds is 2. The zero-order valence-electron chi connectivity index (χ0n) is 7.50. The maximum Gasteiger partial charge on any atom is 0.226 e. The van der Waals surface area contributed by atoms with E-state index in [0.717, 1.165) is 18.2 Å². The quantitative estimate of drug-likeness (QED) is 0.620. The summed E-state index contributed by atoms with van der Waals surface area (Å²) in [5, 5.41) is 8.05. The number of aryl methyl sites for hydroxylation is 1. The molecular weight excluding hydrogens is 140 g/mol. The number of nitrogens with zero attached hydrogens (tertiary/aromatic N) is 4. The first-order chi connectivity index (χ1) is 5.16. The minimum absolute atomic E-state index is 0.904. The van der Waals surface area contributed by atoms with Crippen molar-refractivity contribution in [2.24, 2.45) is 7.05 Å². The number of hydrogen-bond acceptors (Lipinski definition) is 3. The van der Waals surface area contributed by atoms with Crippen molar-refractivity contribution in [3.63, 3.8) is 0 Å². The molecule has 62 valence electrons. The summed E-state index contributed by atoms with van der Waals surface area (Å²) in [5.74, 6) is 1.93. The third kappa shape index (κ3) is 1.34. The van der Waals surface area contributed by atoms with E-state index in [4.69, 9.17) is 0 Å². The molecule has 0 spiro atoms. The number of aromatic nitrogens is 3. The van der Waals surface area contributed by atoms with Crippen molar-refractivity contribution >= 4 is 5.95 Å². The molecule has 0 saturated carbocycles. The van der Waals surface area contributed by atoms with Gasteiger partial charge in [-0.1, -0.05) is 6.92 Å². The van der Waals surface area contributed by atoms with Gasteiger partial charge in [0, 0.05) is 27.6 Å². The molecule has 0 saturated heterocycles. The minimum atomic E-state index is 0.904. The summed E-state index contributed by atoms with van der Waals surface area (Å²) >= 11 is 0. The van der Waals surface area contributed by atoms with Crippen LogP contribution in [0.3, 0.4) is 0 Å². The molecule has 4 nitrogen and oxygen atoms in total. The van der Waals surface area contributed by atoms with Gasteiger partial charge in [-0.05, 0) is 0 Å². The fourth-order valence-corrected chi connectivity index (χ4v) is 1.05. The topological polar surface area (TPSA) is 34.0 Å². The Labute approximate surface area is 66.8 Å². The van der Waals surface area contributed by atoms with Crippen molar-refractivity contribution in [2.75, 3.05) is 19.0 Å². The SMILES string of the molecule is CCc1nnc(N(C)C)n1C. The van der Waals surface area contributed by atoms with Crippen LogP contribution in [-0.2, 0) is 13.5 Å². The molecule has 0 fully saturated rings. The average molecular weight is 154 g/mol. The van der Waals surface area contributed by atoms with Crippen LogP contribution < -0.4 is 4.90 Å². The van der Waals surface area contributed by atoms with Crippen molar-refractivity contribution in [3.8, 4) is 0 Å². The molecule has 1 aromatic rings. The van der Waals surface area contributed by atoms with Gasteiger partial charge in [-0.2, -0.15) is 0 Å². The summed E-state index contributed by atoms with van der Waals surface area (Å²) in [4.78, 5) is 1.95. The summed E-state index contributed by atoms with van der Waals surface area (Å²) < 4.78 is 2.00. The molecule has 0 atom stereocenters. The van der Waals surface area contributed by atoms with Crippen molar-refractivity contribution in [2.45, 2.75) is 13.3 Å². The predicted octanol–water partition coefficient (Wildman–Crippen LogP) is 0.443.